The van der Waals surface area contributed by atoms with Gasteiger partial charge in [0.25, 0.3) is 0 Å². The molecule has 1 aromatic heterocycles. The van der Waals surface area contributed by atoms with Gasteiger partial charge in [-0.1, -0.05) is 49.4 Å². The minimum Gasteiger partial charge on any atom is -0.480 e. The van der Waals surface area contributed by atoms with Crippen LogP contribution in [0.3, 0.4) is 0 Å². The van der Waals surface area contributed by atoms with Crippen LogP contribution in [0.2, 0.25) is 0 Å². The number of nitrogens with zero attached hydrogens (tertiary/aromatic N) is 3. The van der Waals surface area contributed by atoms with Gasteiger partial charge < -0.3 is 26.2 Å². The zero-order chi connectivity index (χ0) is 22.8. The van der Waals surface area contributed by atoms with Crippen LogP contribution < -0.4 is 16.4 Å². The van der Waals surface area contributed by atoms with E-state index in [0.29, 0.717) is 12.1 Å². The molecule has 0 radical (unpaired) electrons. The van der Waals surface area contributed by atoms with Crippen molar-refractivity contribution in [2.45, 2.75) is 45.4 Å². The molecule has 1 heterocycles. The normalized spacial score (nSPS) is 12.7. The molecule has 0 fully saturated rings. The monoisotopic (exact) mass is 432 g/mol. The Bertz CT molecular complexity index is 870. The van der Waals surface area contributed by atoms with Crippen LogP contribution in [-0.4, -0.2) is 44.7 Å². The molecule has 11 heteroatoms. The third-order valence-electron chi connectivity index (χ3n) is 4.56. The van der Waals surface area contributed by atoms with E-state index in [1.165, 1.54) is 10.9 Å². The summed E-state index contributed by atoms with van der Waals surface area (Å²) < 4.78 is 6.51. The lowest BCUT2D eigenvalue weighted by molar-refractivity contribution is -0.141. The van der Waals surface area contributed by atoms with Crippen molar-refractivity contribution in [3.05, 3.63) is 47.8 Å². The summed E-state index contributed by atoms with van der Waals surface area (Å²) in [5, 5.41) is 22.7. The number of carbonyl (C=O) groups is 3. The zero-order valence-electron chi connectivity index (χ0n) is 17.5. The average Bonchev–Trinajstić information content (AvgIpc) is 3.19. The molecule has 3 amide bonds. The van der Waals surface area contributed by atoms with Crippen LogP contribution in [0.25, 0.3) is 0 Å². The fourth-order valence-electron chi connectivity index (χ4n) is 2.94. The van der Waals surface area contributed by atoms with Crippen molar-refractivity contribution in [1.29, 1.82) is 0 Å². The van der Waals surface area contributed by atoms with Gasteiger partial charge in [-0.3, -0.25) is 0 Å². The van der Waals surface area contributed by atoms with Crippen LogP contribution in [0.5, 0.6) is 0 Å². The molecule has 5 N–H and O–H groups in total. The summed E-state index contributed by atoms with van der Waals surface area (Å²) in [7, 11) is 0. The summed E-state index contributed by atoms with van der Waals surface area (Å²) in [6.07, 6.45) is 1.51. The summed E-state index contributed by atoms with van der Waals surface area (Å²) in [4.78, 5) is 34.6. The van der Waals surface area contributed by atoms with Gasteiger partial charge in [0.1, 0.15) is 12.3 Å². The number of urea groups is 1. The van der Waals surface area contributed by atoms with E-state index in [-0.39, 0.29) is 25.5 Å². The minimum absolute atomic E-state index is 0.0440. The molecule has 0 unspecified atom stereocenters. The molecular formula is C20H28N6O5. The summed E-state index contributed by atoms with van der Waals surface area (Å²) in [6.45, 7) is 4.17. The molecule has 168 valence electrons. The molecule has 0 aliphatic heterocycles. The lowest BCUT2D eigenvalue weighted by atomic mass is 10.0. The first-order valence-corrected chi connectivity index (χ1v) is 9.93. The van der Waals surface area contributed by atoms with Gasteiger partial charge in [-0.25, -0.2) is 19.1 Å². The number of primary amides is 1. The molecular weight excluding hydrogens is 404 g/mol. The number of carboxylic acids is 1. The number of rotatable bonds is 11. The molecule has 2 atom stereocenters. The molecule has 0 saturated heterocycles. The van der Waals surface area contributed by atoms with Gasteiger partial charge in [0.05, 0.1) is 12.2 Å². The molecule has 0 aliphatic rings. The molecule has 2 rings (SSSR count). The number of alkyl carbamates (subject to hydrolysis) is 1. The number of amides is 3. The highest BCUT2D eigenvalue weighted by atomic mass is 16.5. The second kappa shape index (κ2) is 11.5. The first-order valence-electron chi connectivity index (χ1n) is 9.93. The number of nitrogens with one attached hydrogen (secondary N) is 2. The molecule has 1 aromatic carbocycles. The van der Waals surface area contributed by atoms with Gasteiger partial charge in [-0.05, 0) is 24.3 Å². The number of ether oxygens (including phenoxy) is 1. The van der Waals surface area contributed by atoms with E-state index in [4.69, 9.17) is 10.5 Å². The van der Waals surface area contributed by atoms with Gasteiger partial charge in [-0.2, -0.15) is 0 Å². The third kappa shape index (κ3) is 7.61. The second-order valence-electron chi connectivity index (χ2n) is 7.34. The Morgan fingerprint density at radius 1 is 1.23 bits per heavy atom. The van der Waals surface area contributed by atoms with E-state index in [9.17, 15) is 19.5 Å². The van der Waals surface area contributed by atoms with E-state index >= 15 is 0 Å². The molecule has 2 aromatic rings. The quantitative estimate of drug-likeness (QED) is 0.395. The number of nitrogens with two attached hydrogens (primary N) is 1. The Hall–Kier alpha value is -3.63. The summed E-state index contributed by atoms with van der Waals surface area (Å²) in [5.74, 6) is -1.12. The minimum atomic E-state index is -1.08. The third-order valence-corrected chi connectivity index (χ3v) is 4.56. The number of hydrogen-bond acceptors (Lipinski definition) is 6. The SMILES string of the molecule is CC(C)[C@H](NC(=O)OCc1ccccc1)c1cn([C@@H](CCCNC(N)=O)C(=O)O)nn1. The van der Waals surface area contributed by atoms with E-state index < -0.39 is 30.2 Å². The molecule has 0 aliphatic carbocycles. The Kier molecular flexibility index (Phi) is 8.79. The van der Waals surface area contributed by atoms with Gasteiger partial charge in [0.2, 0.25) is 0 Å². The summed E-state index contributed by atoms with van der Waals surface area (Å²) in [5.41, 5.74) is 6.29. The Labute approximate surface area is 179 Å². The van der Waals surface area contributed by atoms with Crippen LogP contribution in [0.4, 0.5) is 9.59 Å². The molecule has 0 spiro atoms. The predicted octanol–water partition coefficient (Wildman–Crippen LogP) is 1.98. The second-order valence-corrected chi connectivity index (χ2v) is 7.34. The van der Waals surface area contributed by atoms with Gasteiger partial charge in [0, 0.05) is 6.54 Å². The lowest BCUT2D eigenvalue weighted by Gasteiger charge is -2.20. The highest BCUT2D eigenvalue weighted by molar-refractivity contribution is 5.72. The highest BCUT2D eigenvalue weighted by Crippen LogP contribution is 2.22. The fourth-order valence-corrected chi connectivity index (χ4v) is 2.94. The lowest BCUT2D eigenvalue weighted by Crippen LogP contribution is -2.32. The molecule has 0 saturated carbocycles. The first kappa shape index (κ1) is 23.6. The van der Waals surface area contributed by atoms with Crippen LogP contribution >= 0.6 is 0 Å². The van der Waals surface area contributed by atoms with Crippen LogP contribution in [0.1, 0.15) is 50.0 Å². The van der Waals surface area contributed by atoms with E-state index in [1.54, 1.807) is 0 Å². The number of aromatic nitrogens is 3. The molecule has 0 bridgehead atoms. The van der Waals surface area contributed by atoms with Crippen molar-refractivity contribution in [2.75, 3.05) is 6.54 Å². The van der Waals surface area contributed by atoms with Gasteiger partial charge in [-0.15, -0.1) is 5.10 Å². The Morgan fingerprint density at radius 3 is 2.55 bits per heavy atom. The van der Waals surface area contributed by atoms with E-state index in [2.05, 4.69) is 20.9 Å². The van der Waals surface area contributed by atoms with Gasteiger partial charge in [0.15, 0.2) is 6.04 Å². The van der Waals surface area contributed by atoms with Crippen LogP contribution in [-0.2, 0) is 16.1 Å². The topological polar surface area (TPSA) is 161 Å². The van der Waals surface area contributed by atoms with Crippen LogP contribution in [0.15, 0.2) is 36.5 Å². The maximum absolute atomic E-state index is 12.3. The van der Waals surface area contributed by atoms with Crippen LogP contribution in [0, 0.1) is 5.92 Å². The maximum Gasteiger partial charge on any atom is 0.408 e. The first-order chi connectivity index (χ1) is 14.8. The number of carboxylic acid groups (broad SMARTS) is 1. The zero-order valence-corrected chi connectivity index (χ0v) is 17.5. The van der Waals surface area contributed by atoms with Crippen molar-refractivity contribution in [3.63, 3.8) is 0 Å². The Morgan fingerprint density at radius 2 is 1.94 bits per heavy atom. The molecule has 31 heavy (non-hydrogen) atoms. The van der Waals surface area contributed by atoms with Crippen molar-refractivity contribution in [2.24, 2.45) is 11.7 Å². The maximum atomic E-state index is 12.3. The van der Waals surface area contributed by atoms with Crippen molar-refractivity contribution in [1.82, 2.24) is 25.6 Å². The number of hydrogen-bond donors (Lipinski definition) is 4. The standard InChI is InChI=1S/C20H28N6O5/c1-13(2)17(23-20(30)31-12-14-7-4-3-5-8-14)15-11-26(25-24-15)16(18(27)28)9-6-10-22-19(21)29/h3-5,7-8,11,13,16-17H,6,9-10,12H2,1-2H3,(H,23,30)(H,27,28)(H3,21,22,29)/t16-,17-/m0/s1. The average molecular weight is 432 g/mol. The van der Waals surface area contributed by atoms with Gasteiger partial charge >= 0.3 is 18.1 Å². The fraction of sp³-hybridized carbons (Fsp3) is 0.450. The van der Waals surface area contributed by atoms with Crippen molar-refractivity contribution < 1.29 is 24.2 Å². The van der Waals surface area contributed by atoms with E-state index in [0.717, 1.165) is 5.56 Å². The van der Waals surface area contributed by atoms with Crippen molar-refractivity contribution in [3.8, 4) is 0 Å². The predicted molar refractivity (Wildman–Crippen MR) is 111 cm³/mol. The number of aliphatic carboxylic acids is 1. The Balaban J connectivity index is 2.00. The van der Waals surface area contributed by atoms with Crippen molar-refractivity contribution >= 4 is 18.1 Å². The highest BCUT2D eigenvalue weighted by Gasteiger charge is 2.26. The number of carbonyl (C=O) groups excluding carboxylic acids is 2. The molecule has 11 nitrogen and oxygen atoms in total. The number of benzene rings is 1. The largest absolute Gasteiger partial charge is 0.480 e. The summed E-state index contributed by atoms with van der Waals surface area (Å²) >= 11 is 0. The van der Waals surface area contributed by atoms with E-state index in [1.807, 2.05) is 44.2 Å². The summed E-state index contributed by atoms with van der Waals surface area (Å²) in [6, 6.07) is 7.15. The smallest absolute Gasteiger partial charge is 0.408 e.